The van der Waals surface area contributed by atoms with Gasteiger partial charge >= 0.3 is 4.87 Å². The van der Waals surface area contributed by atoms with Crippen LogP contribution in [-0.4, -0.2) is 65.8 Å². The summed E-state index contributed by atoms with van der Waals surface area (Å²) in [5, 5.41) is -0.0109. The number of aromatic nitrogens is 1. The molecule has 0 spiro atoms. The third-order valence-corrected chi connectivity index (χ3v) is 9.48. The Kier molecular flexibility index (Phi) is 6.58. The molecule has 11 heteroatoms. The van der Waals surface area contributed by atoms with Gasteiger partial charge in [-0.2, -0.15) is 0 Å². The van der Waals surface area contributed by atoms with Gasteiger partial charge in [0.2, 0.25) is 11.8 Å². The minimum Gasteiger partial charge on any atom is -0.484 e. The smallest absolute Gasteiger partial charge is 0.305 e. The van der Waals surface area contributed by atoms with Crippen molar-refractivity contribution in [3.05, 3.63) is 74.2 Å². The van der Waals surface area contributed by atoms with Crippen LogP contribution < -0.4 is 14.5 Å². The molecular formula is C27H25N3O6S2. The summed E-state index contributed by atoms with van der Waals surface area (Å²) >= 11 is 2.33. The summed E-state index contributed by atoms with van der Waals surface area (Å²) in [6.45, 7) is 4.03. The number of nitrogens with zero attached hydrogens (tertiary/aromatic N) is 2. The van der Waals surface area contributed by atoms with Crippen molar-refractivity contribution in [1.82, 2.24) is 9.88 Å². The fraction of sp³-hybridized carbons (Fsp3) is 0.333. The van der Waals surface area contributed by atoms with Crippen LogP contribution in [-0.2, 0) is 19.1 Å². The maximum absolute atomic E-state index is 13.8. The van der Waals surface area contributed by atoms with E-state index in [9.17, 15) is 19.2 Å². The number of carbonyl (C=O) groups is 3. The van der Waals surface area contributed by atoms with Gasteiger partial charge in [-0.3, -0.25) is 19.2 Å². The van der Waals surface area contributed by atoms with Crippen LogP contribution in [0.3, 0.4) is 0 Å². The number of imide groups is 1. The Morgan fingerprint density at radius 3 is 2.45 bits per heavy atom. The van der Waals surface area contributed by atoms with E-state index in [0.29, 0.717) is 42.8 Å². The zero-order valence-corrected chi connectivity index (χ0v) is 22.2. The standard InChI is InChI=1S/C27H25N3O6S2/c1-15-2-6-17(7-3-15)30-25(32)21-20(22-24(28-27(34)38-22)37-23(21)26(30)33)16-4-8-18(9-5-16)36-14-19(31)29-10-12-35-13-11-29/h2-9,20-21,23H,10-14H2,1H3,(H,28,34)/t20-,21?,23?/m1/s1. The minimum absolute atomic E-state index is 0.0772. The van der Waals surface area contributed by atoms with E-state index in [2.05, 4.69) is 4.98 Å². The molecule has 2 fully saturated rings. The van der Waals surface area contributed by atoms with Crippen LogP contribution in [0.4, 0.5) is 5.69 Å². The molecule has 3 atom stereocenters. The zero-order chi connectivity index (χ0) is 26.4. The number of fused-ring (bicyclic) bond motifs is 2. The maximum atomic E-state index is 13.8. The third kappa shape index (κ3) is 4.44. The van der Waals surface area contributed by atoms with Gasteiger partial charge in [-0.1, -0.05) is 52.9 Å². The number of thioether (sulfide) groups is 1. The second kappa shape index (κ2) is 10.0. The lowest BCUT2D eigenvalue weighted by Gasteiger charge is -2.30. The van der Waals surface area contributed by atoms with Crippen LogP contribution in [0.5, 0.6) is 5.75 Å². The first-order valence-electron chi connectivity index (χ1n) is 12.3. The first kappa shape index (κ1) is 24.9. The molecule has 196 valence electrons. The van der Waals surface area contributed by atoms with Gasteiger partial charge in [0, 0.05) is 23.9 Å². The average Bonchev–Trinajstić information content (AvgIpc) is 3.43. The van der Waals surface area contributed by atoms with Crippen molar-refractivity contribution in [2.24, 2.45) is 5.92 Å². The Bertz CT molecular complexity index is 1440. The van der Waals surface area contributed by atoms with Gasteiger partial charge in [0.1, 0.15) is 11.0 Å². The molecule has 3 amide bonds. The number of hydrogen-bond acceptors (Lipinski definition) is 8. The van der Waals surface area contributed by atoms with E-state index >= 15 is 0 Å². The number of aromatic amines is 1. The van der Waals surface area contributed by atoms with E-state index < -0.39 is 17.1 Å². The monoisotopic (exact) mass is 551 g/mol. The summed E-state index contributed by atoms with van der Waals surface area (Å²) in [4.78, 5) is 58.3. The van der Waals surface area contributed by atoms with Crippen molar-refractivity contribution in [2.75, 3.05) is 37.8 Å². The SMILES string of the molecule is Cc1ccc(N2C(=O)C3Sc4[nH]c(=O)sc4[C@H](c4ccc(OCC(=O)N5CCOCC5)cc4)C3C2=O)cc1. The first-order valence-corrected chi connectivity index (χ1v) is 14.0. The molecule has 1 N–H and O–H groups in total. The molecule has 1 aromatic heterocycles. The third-order valence-electron chi connectivity index (χ3n) is 7.08. The summed E-state index contributed by atoms with van der Waals surface area (Å²) in [5.41, 5.74) is 2.38. The van der Waals surface area contributed by atoms with Gasteiger partial charge in [-0.15, -0.1) is 0 Å². The molecule has 38 heavy (non-hydrogen) atoms. The second-order valence-corrected chi connectivity index (χ2v) is 11.6. The lowest BCUT2D eigenvalue weighted by Crippen LogP contribution is -2.42. The summed E-state index contributed by atoms with van der Waals surface area (Å²) in [6, 6.07) is 14.5. The summed E-state index contributed by atoms with van der Waals surface area (Å²) in [5.74, 6) is -1.24. The molecule has 0 radical (unpaired) electrons. The van der Waals surface area contributed by atoms with Crippen molar-refractivity contribution >= 4 is 46.5 Å². The molecule has 4 heterocycles. The number of anilines is 1. The highest BCUT2D eigenvalue weighted by Crippen LogP contribution is 2.53. The van der Waals surface area contributed by atoms with Crippen LogP contribution >= 0.6 is 23.1 Å². The molecular weight excluding hydrogens is 526 g/mol. The van der Waals surface area contributed by atoms with Gasteiger partial charge in [0.25, 0.3) is 5.91 Å². The fourth-order valence-electron chi connectivity index (χ4n) is 5.14. The highest BCUT2D eigenvalue weighted by atomic mass is 32.2. The molecule has 3 aliphatic rings. The summed E-state index contributed by atoms with van der Waals surface area (Å²) in [7, 11) is 0. The highest BCUT2D eigenvalue weighted by Gasteiger charge is 2.56. The Balaban J connectivity index is 1.27. The number of carbonyl (C=O) groups excluding carboxylic acids is 3. The Morgan fingerprint density at radius 1 is 1.03 bits per heavy atom. The van der Waals surface area contributed by atoms with Crippen molar-refractivity contribution in [3.8, 4) is 5.75 Å². The van der Waals surface area contributed by atoms with Gasteiger partial charge in [-0.25, -0.2) is 4.90 Å². The number of aryl methyl sites for hydroxylation is 1. The number of morpholine rings is 1. The zero-order valence-electron chi connectivity index (χ0n) is 20.5. The topological polar surface area (TPSA) is 109 Å². The van der Waals surface area contributed by atoms with E-state index in [1.165, 1.54) is 16.7 Å². The van der Waals surface area contributed by atoms with Crippen molar-refractivity contribution in [3.63, 3.8) is 0 Å². The molecule has 2 saturated heterocycles. The molecule has 3 aromatic rings. The summed E-state index contributed by atoms with van der Waals surface area (Å²) < 4.78 is 11.0. The quantitative estimate of drug-likeness (QED) is 0.486. The number of benzene rings is 2. The van der Waals surface area contributed by atoms with E-state index in [1.54, 1.807) is 29.2 Å². The molecule has 0 bridgehead atoms. The number of ether oxygens (including phenoxy) is 2. The van der Waals surface area contributed by atoms with Crippen LogP contribution in [0.2, 0.25) is 0 Å². The number of amides is 3. The number of H-pyrrole nitrogens is 1. The molecule has 0 saturated carbocycles. The molecule has 3 aliphatic heterocycles. The fourth-order valence-corrected chi connectivity index (χ4v) is 7.66. The number of hydrogen-bond donors (Lipinski definition) is 1. The molecule has 2 unspecified atom stereocenters. The lowest BCUT2D eigenvalue weighted by molar-refractivity contribution is -0.137. The van der Waals surface area contributed by atoms with E-state index in [-0.39, 0.29) is 29.2 Å². The molecule has 9 nitrogen and oxygen atoms in total. The van der Waals surface area contributed by atoms with Gasteiger partial charge in [0.05, 0.1) is 29.8 Å². The largest absolute Gasteiger partial charge is 0.484 e. The second-order valence-electron chi connectivity index (χ2n) is 9.45. The average molecular weight is 552 g/mol. The van der Waals surface area contributed by atoms with E-state index in [1.807, 2.05) is 31.2 Å². The highest BCUT2D eigenvalue weighted by molar-refractivity contribution is 8.00. The van der Waals surface area contributed by atoms with Crippen LogP contribution in [0.25, 0.3) is 0 Å². The first-order chi connectivity index (χ1) is 18.4. The number of thiazole rings is 1. The number of rotatable bonds is 5. The van der Waals surface area contributed by atoms with E-state index in [4.69, 9.17) is 9.47 Å². The molecule has 2 aromatic carbocycles. The van der Waals surface area contributed by atoms with Crippen molar-refractivity contribution in [2.45, 2.75) is 23.1 Å². The van der Waals surface area contributed by atoms with E-state index in [0.717, 1.165) is 27.3 Å². The Morgan fingerprint density at radius 2 is 1.74 bits per heavy atom. The Labute approximate surface area is 226 Å². The molecule has 6 rings (SSSR count). The van der Waals surface area contributed by atoms with Gasteiger partial charge in [0.15, 0.2) is 6.61 Å². The van der Waals surface area contributed by atoms with Crippen LogP contribution in [0.1, 0.15) is 21.9 Å². The van der Waals surface area contributed by atoms with Gasteiger partial charge in [-0.05, 0) is 36.8 Å². The lowest BCUT2D eigenvalue weighted by atomic mass is 9.83. The van der Waals surface area contributed by atoms with Crippen LogP contribution in [0.15, 0.2) is 58.4 Å². The number of nitrogens with one attached hydrogen (secondary N) is 1. The van der Waals surface area contributed by atoms with Crippen LogP contribution in [0, 0.1) is 12.8 Å². The Hall–Kier alpha value is -3.41. The minimum atomic E-state index is -0.651. The van der Waals surface area contributed by atoms with Crippen molar-refractivity contribution in [1.29, 1.82) is 0 Å². The predicted molar refractivity (Wildman–Crippen MR) is 143 cm³/mol. The predicted octanol–water partition coefficient (Wildman–Crippen LogP) is 2.78. The van der Waals surface area contributed by atoms with Gasteiger partial charge < -0.3 is 19.4 Å². The normalized spacial score (nSPS) is 22.8. The van der Waals surface area contributed by atoms with Crippen molar-refractivity contribution < 1.29 is 23.9 Å². The summed E-state index contributed by atoms with van der Waals surface area (Å²) in [6.07, 6.45) is 0. The maximum Gasteiger partial charge on any atom is 0.305 e. The molecule has 0 aliphatic carbocycles.